The molecule has 0 radical (unpaired) electrons. The van der Waals surface area contributed by atoms with Crippen molar-refractivity contribution in [2.75, 3.05) is 0 Å². The van der Waals surface area contributed by atoms with Crippen molar-refractivity contribution in [1.29, 1.82) is 0 Å². The van der Waals surface area contributed by atoms with Gasteiger partial charge in [-0.2, -0.15) is 0 Å². The second kappa shape index (κ2) is 7.72. The summed E-state index contributed by atoms with van der Waals surface area (Å²) in [5.41, 5.74) is 5.73. The lowest BCUT2D eigenvalue weighted by Crippen LogP contribution is -2.54. The van der Waals surface area contributed by atoms with Gasteiger partial charge in [0, 0.05) is 28.4 Å². The fourth-order valence-electron chi connectivity index (χ4n) is 9.03. The predicted molar refractivity (Wildman–Crippen MR) is 139 cm³/mol. The van der Waals surface area contributed by atoms with Gasteiger partial charge in [-0.05, 0) is 103 Å². The SMILES string of the molecule is CC12CCC3C(CCC4Cc5[nH]c6ccc(OCc7ccccc7)cc6c5CC43C)C1CCC2=O. The minimum Gasteiger partial charge on any atom is -0.489 e. The molecule has 1 N–H and O–H groups in total. The van der Waals surface area contributed by atoms with Crippen molar-refractivity contribution in [3.05, 3.63) is 65.4 Å². The van der Waals surface area contributed by atoms with Gasteiger partial charge in [-0.25, -0.2) is 0 Å². The summed E-state index contributed by atoms with van der Waals surface area (Å²) >= 11 is 0. The molecule has 4 aliphatic carbocycles. The number of rotatable bonds is 3. The van der Waals surface area contributed by atoms with E-state index in [1.54, 1.807) is 0 Å². The quantitative estimate of drug-likeness (QED) is 0.440. The normalized spacial score (nSPS) is 35.8. The number of ketones is 1. The maximum Gasteiger partial charge on any atom is 0.139 e. The fraction of sp³-hybridized carbons (Fsp3) is 0.531. The zero-order valence-corrected chi connectivity index (χ0v) is 21.1. The van der Waals surface area contributed by atoms with E-state index in [0.717, 1.165) is 49.2 Å². The molecular formula is C32H37NO2. The minimum atomic E-state index is -0.0318. The van der Waals surface area contributed by atoms with Crippen molar-refractivity contribution < 1.29 is 9.53 Å². The van der Waals surface area contributed by atoms with Crippen LogP contribution in [-0.2, 0) is 24.2 Å². The van der Waals surface area contributed by atoms with Crippen LogP contribution in [0.25, 0.3) is 10.9 Å². The van der Waals surface area contributed by atoms with E-state index in [2.05, 4.69) is 61.3 Å². The number of aromatic nitrogens is 1. The predicted octanol–water partition coefficient (Wildman–Crippen LogP) is 7.27. The summed E-state index contributed by atoms with van der Waals surface area (Å²) in [7, 11) is 0. The number of hydrogen-bond acceptors (Lipinski definition) is 2. The van der Waals surface area contributed by atoms with Gasteiger partial charge in [0.15, 0.2) is 0 Å². The number of carbonyl (C=O) groups is 1. The topological polar surface area (TPSA) is 42.1 Å². The third kappa shape index (κ3) is 3.19. The molecule has 182 valence electrons. The van der Waals surface area contributed by atoms with Crippen LogP contribution in [-0.4, -0.2) is 10.8 Å². The molecule has 6 atom stereocenters. The number of Topliss-reactive ketones (excluding diaryl/α,β-unsaturated/α-hetero) is 1. The highest BCUT2D eigenvalue weighted by molar-refractivity contribution is 5.87. The maximum atomic E-state index is 12.8. The first kappa shape index (κ1) is 21.7. The van der Waals surface area contributed by atoms with E-state index in [0.29, 0.717) is 23.7 Å². The van der Waals surface area contributed by atoms with Crippen molar-refractivity contribution in [3.63, 3.8) is 0 Å². The molecule has 7 rings (SSSR count). The fourth-order valence-corrected chi connectivity index (χ4v) is 9.03. The Morgan fingerprint density at radius 1 is 1.00 bits per heavy atom. The lowest BCUT2D eigenvalue weighted by molar-refractivity contribution is -0.136. The smallest absolute Gasteiger partial charge is 0.139 e. The lowest BCUT2D eigenvalue weighted by Gasteiger charge is -2.59. The number of aromatic amines is 1. The summed E-state index contributed by atoms with van der Waals surface area (Å²) in [6.45, 7) is 5.50. The highest BCUT2D eigenvalue weighted by atomic mass is 16.5. The van der Waals surface area contributed by atoms with Gasteiger partial charge in [-0.1, -0.05) is 44.2 Å². The van der Waals surface area contributed by atoms with E-state index < -0.39 is 0 Å². The van der Waals surface area contributed by atoms with Crippen LogP contribution in [0.3, 0.4) is 0 Å². The molecule has 4 aliphatic rings. The van der Waals surface area contributed by atoms with Gasteiger partial charge in [0.05, 0.1) is 0 Å². The van der Waals surface area contributed by atoms with Crippen LogP contribution in [0.2, 0.25) is 0 Å². The second-order valence-electron chi connectivity index (χ2n) is 12.5. The average Bonchev–Trinajstić information content (AvgIpc) is 3.37. The lowest BCUT2D eigenvalue weighted by atomic mass is 9.45. The number of hydrogen-bond donors (Lipinski definition) is 1. The molecule has 3 aromatic rings. The third-order valence-electron chi connectivity index (χ3n) is 11.0. The minimum absolute atomic E-state index is 0.0318. The summed E-state index contributed by atoms with van der Waals surface area (Å²) in [6.07, 6.45) is 9.28. The molecule has 1 heterocycles. The van der Waals surface area contributed by atoms with Gasteiger partial charge < -0.3 is 9.72 Å². The Morgan fingerprint density at radius 2 is 1.86 bits per heavy atom. The average molecular weight is 468 g/mol. The first-order valence-corrected chi connectivity index (χ1v) is 13.8. The van der Waals surface area contributed by atoms with Crippen LogP contribution in [0.4, 0.5) is 0 Å². The molecule has 0 amide bonds. The molecule has 0 saturated heterocycles. The Balaban J connectivity index is 1.20. The number of H-pyrrole nitrogens is 1. The first-order valence-electron chi connectivity index (χ1n) is 13.8. The Hall–Kier alpha value is -2.55. The largest absolute Gasteiger partial charge is 0.489 e. The Morgan fingerprint density at radius 3 is 2.71 bits per heavy atom. The van der Waals surface area contributed by atoms with Gasteiger partial charge in [0.25, 0.3) is 0 Å². The van der Waals surface area contributed by atoms with E-state index in [4.69, 9.17) is 4.74 Å². The van der Waals surface area contributed by atoms with E-state index in [-0.39, 0.29) is 5.41 Å². The molecule has 2 aromatic carbocycles. The van der Waals surface area contributed by atoms with Crippen LogP contribution in [0.5, 0.6) is 5.75 Å². The van der Waals surface area contributed by atoms with Crippen LogP contribution < -0.4 is 4.74 Å². The van der Waals surface area contributed by atoms with Crippen molar-refractivity contribution in [2.45, 2.75) is 71.8 Å². The molecular weight excluding hydrogens is 430 g/mol. The van der Waals surface area contributed by atoms with E-state index >= 15 is 0 Å². The number of ether oxygens (including phenoxy) is 1. The number of benzene rings is 2. The monoisotopic (exact) mass is 467 g/mol. The van der Waals surface area contributed by atoms with Crippen LogP contribution >= 0.6 is 0 Å². The molecule has 0 aliphatic heterocycles. The van der Waals surface area contributed by atoms with Crippen molar-refractivity contribution in [2.24, 2.45) is 34.5 Å². The van der Waals surface area contributed by atoms with Crippen LogP contribution in [0.15, 0.2) is 48.5 Å². The second-order valence-corrected chi connectivity index (χ2v) is 12.5. The molecule has 3 heteroatoms. The molecule has 3 saturated carbocycles. The van der Waals surface area contributed by atoms with Crippen LogP contribution in [0, 0.1) is 34.5 Å². The molecule has 35 heavy (non-hydrogen) atoms. The van der Waals surface area contributed by atoms with E-state index in [1.807, 2.05) is 6.07 Å². The molecule has 0 spiro atoms. The third-order valence-corrected chi connectivity index (χ3v) is 11.0. The van der Waals surface area contributed by atoms with Crippen LogP contribution in [0.1, 0.15) is 69.2 Å². The molecule has 3 fully saturated rings. The van der Waals surface area contributed by atoms with Gasteiger partial charge in [-0.15, -0.1) is 0 Å². The molecule has 3 nitrogen and oxygen atoms in total. The van der Waals surface area contributed by atoms with Gasteiger partial charge in [0.2, 0.25) is 0 Å². The van der Waals surface area contributed by atoms with E-state index in [9.17, 15) is 4.79 Å². The van der Waals surface area contributed by atoms with Crippen molar-refractivity contribution >= 4 is 16.7 Å². The standard InChI is InChI=1S/C32H37NO2/c1-31-15-14-27-23(26(31)11-13-30(31)34)10-8-21-16-29-25(18-32(21,27)2)24-17-22(9-12-28(24)33-29)35-19-20-6-4-3-5-7-20/h3-7,9,12,17,21,23,26-27,33H,8,10-11,13-16,18-19H2,1-2H3. The number of carbonyl (C=O) groups excluding carboxylic acids is 1. The van der Waals surface area contributed by atoms with Gasteiger partial charge >= 0.3 is 0 Å². The maximum absolute atomic E-state index is 12.8. The van der Waals surface area contributed by atoms with E-state index in [1.165, 1.54) is 53.4 Å². The highest BCUT2D eigenvalue weighted by Gasteiger charge is 2.60. The van der Waals surface area contributed by atoms with Gasteiger partial charge in [0.1, 0.15) is 18.1 Å². The zero-order chi connectivity index (χ0) is 23.8. The molecule has 6 unspecified atom stereocenters. The summed E-state index contributed by atoms with van der Waals surface area (Å²) in [6, 6.07) is 17.0. The molecule has 1 aromatic heterocycles. The van der Waals surface area contributed by atoms with Gasteiger partial charge in [-0.3, -0.25) is 4.79 Å². The number of nitrogens with one attached hydrogen (secondary N) is 1. The Labute approximate surface area is 208 Å². The highest BCUT2D eigenvalue weighted by Crippen LogP contribution is 2.65. The summed E-state index contributed by atoms with van der Waals surface area (Å²) in [4.78, 5) is 16.6. The van der Waals surface area contributed by atoms with Crippen molar-refractivity contribution in [1.82, 2.24) is 4.98 Å². The first-order chi connectivity index (χ1) is 17.0. The summed E-state index contributed by atoms with van der Waals surface area (Å²) in [5, 5.41) is 1.35. The Bertz CT molecular complexity index is 1290. The van der Waals surface area contributed by atoms with Crippen molar-refractivity contribution in [3.8, 4) is 5.75 Å². The Kier molecular flexibility index (Phi) is 4.79. The zero-order valence-electron chi connectivity index (χ0n) is 21.1. The summed E-state index contributed by atoms with van der Waals surface area (Å²) in [5.74, 6) is 4.36. The molecule has 0 bridgehead atoms. The number of fused-ring (bicyclic) bond motifs is 8. The summed E-state index contributed by atoms with van der Waals surface area (Å²) < 4.78 is 6.20.